The Morgan fingerprint density at radius 1 is 1.42 bits per heavy atom. The summed E-state index contributed by atoms with van der Waals surface area (Å²) in [5.41, 5.74) is 0.588. The molecule has 0 aromatic heterocycles. The highest BCUT2D eigenvalue weighted by Gasteiger charge is 2.38. The van der Waals surface area contributed by atoms with E-state index in [1.54, 1.807) is 25.3 Å². The fourth-order valence-electron chi connectivity index (χ4n) is 2.12. The SMILES string of the molecule is COC1(CNS(=O)(=O)c2ccc(Br)c(C)c2)CCC1. The van der Waals surface area contributed by atoms with Crippen molar-refractivity contribution in [2.45, 2.75) is 36.7 Å². The number of rotatable bonds is 5. The van der Waals surface area contributed by atoms with Gasteiger partial charge in [0.2, 0.25) is 10.0 Å². The third-order valence-electron chi connectivity index (χ3n) is 3.72. The number of halogens is 1. The first kappa shape index (κ1) is 15.0. The molecule has 0 heterocycles. The van der Waals surface area contributed by atoms with Crippen LogP contribution < -0.4 is 4.72 Å². The summed E-state index contributed by atoms with van der Waals surface area (Å²) in [6, 6.07) is 5.01. The lowest BCUT2D eigenvalue weighted by molar-refractivity contribution is -0.0659. The molecule has 1 saturated carbocycles. The van der Waals surface area contributed by atoms with Crippen LogP contribution in [-0.4, -0.2) is 27.7 Å². The predicted molar refractivity (Wildman–Crippen MR) is 77.7 cm³/mol. The highest BCUT2D eigenvalue weighted by molar-refractivity contribution is 9.10. The summed E-state index contributed by atoms with van der Waals surface area (Å²) < 4.78 is 33.4. The lowest BCUT2D eigenvalue weighted by atomic mass is 9.80. The minimum atomic E-state index is -3.47. The third kappa shape index (κ3) is 3.18. The van der Waals surface area contributed by atoms with Gasteiger partial charge in [0.25, 0.3) is 0 Å². The van der Waals surface area contributed by atoms with Gasteiger partial charge < -0.3 is 4.74 Å². The van der Waals surface area contributed by atoms with E-state index >= 15 is 0 Å². The van der Waals surface area contributed by atoms with Crippen LogP contribution in [-0.2, 0) is 14.8 Å². The van der Waals surface area contributed by atoms with Crippen molar-refractivity contribution in [3.05, 3.63) is 28.2 Å². The molecule has 2 rings (SSSR count). The van der Waals surface area contributed by atoms with Crippen molar-refractivity contribution in [2.24, 2.45) is 0 Å². The molecular formula is C13H18BrNO3S. The normalized spacial score (nSPS) is 18.1. The second kappa shape index (κ2) is 5.52. The molecule has 0 spiro atoms. The van der Waals surface area contributed by atoms with Gasteiger partial charge in [-0.1, -0.05) is 15.9 Å². The molecule has 1 aliphatic rings. The van der Waals surface area contributed by atoms with Gasteiger partial charge >= 0.3 is 0 Å². The summed E-state index contributed by atoms with van der Waals surface area (Å²) in [5, 5.41) is 0. The molecule has 0 saturated heterocycles. The molecule has 1 fully saturated rings. The molecule has 0 bridgehead atoms. The Hall–Kier alpha value is -0.430. The second-order valence-corrected chi connectivity index (χ2v) is 7.60. The summed E-state index contributed by atoms with van der Waals surface area (Å²) in [6.07, 6.45) is 2.91. The van der Waals surface area contributed by atoms with Crippen molar-refractivity contribution in [3.63, 3.8) is 0 Å². The minimum Gasteiger partial charge on any atom is -0.377 e. The van der Waals surface area contributed by atoms with E-state index in [0.717, 1.165) is 29.3 Å². The van der Waals surface area contributed by atoms with E-state index in [-0.39, 0.29) is 5.60 Å². The van der Waals surface area contributed by atoms with E-state index in [4.69, 9.17) is 4.74 Å². The summed E-state index contributed by atoms with van der Waals surface area (Å²) >= 11 is 3.36. The van der Waals surface area contributed by atoms with Gasteiger partial charge in [0.1, 0.15) is 0 Å². The Morgan fingerprint density at radius 3 is 2.58 bits per heavy atom. The van der Waals surface area contributed by atoms with Crippen LogP contribution in [0.4, 0.5) is 0 Å². The number of hydrogen-bond acceptors (Lipinski definition) is 3. The Labute approximate surface area is 122 Å². The zero-order valence-electron chi connectivity index (χ0n) is 11.1. The first-order valence-corrected chi connectivity index (χ1v) is 8.47. The van der Waals surface area contributed by atoms with Crippen LogP contribution in [0, 0.1) is 6.92 Å². The van der Waals surface area contributed by atoms with E-state index in [9.17, 15) is 8.42 Å². The lowest BCUT2D eigenvalue weighted by Gasteiger charge is -2.40. The predicted octanol–water partition coefficient (Wildman–Crippen LogP) is 2.60. The quantitative estimate of drug-likeness (QED) is 0.890. The molecule has 0 aliphatic heterocycles. The maximum atomic E-state index is 12.2. The molecule has 106 valence electrons. The number of sulfonamides is 1. The van der Waals surface area contributed by atoms with E-state index in [1.807, 2.05) is 6.92 Å². The van der Waals surface area contributed by atoms with E-state index in [0.29, 0.717) is 11.4 Å². The highest BCUT2D eigenvalue weighted by Crippen LogP contribution is 2.34. The van der Waals surface area contributed by atoms with Gasteiger partial charge in [-0.05, 0) is 49.9 Å². The van der Waals surface area contributed by atoms with E-state index in [1.165, 1.54) is 0 Å². The zero-order valence-corrected chi connectivity index (χ0v) is 13.5. The Morgan fingerprint density at radius 2 is 2.11 bits per heavy atom. The number of nitrogens with one attached hydrogen (secondary N) is 1. The average Bonchev–Trinajstić information content (AvgIpc) is 2.31. The Bertz CT molecular complexity index is 562. The summed E-state index contributed by atoms with van der Waals surface area (Å²) in [5.74, 6) is 0. The van der Waals surface area contributed by atoms with Crippen LogP contribution in [0.3, 0.4) is 0 Å². The molecule has 4 nitrogen and oxygen atoms in total. The number of aryl methyl sites for hydroxylation is 1. The van der Waals surface area contributed by atoms with Crippen LogP contribution in [0.2, 0.25) is 0 Å². The second-order valence-electron chi connectivity index (χ2n) is 4.98. The van der Waals surface area contributed by atoms with Crippen molar-refractivity contribution in [2.75, 3.05) is 13.7 Å². The van der Waals surface area contributed by atoms with E-state index < -0.39 is 10.0 Å². The van der Waals surface area contributed by atoms with Gasteiger partial charge in [0.15, 0.2) is 0 Å². The van der Waals surface area contributed by atoms with Crippen LogP contribution >= 0.6 is 15.9 Å². The van der Waals surface area contributed by atoms with Crippen LogP contribution in [0.1, 0.15) is 24.8 Å². The number of hydrogen-bond donors (Lipinski definition) is 1. The first-order chi connectivity index (χ1) is 8.88. The lowest BCUT2D eigenvalue weighted by Crippen LogP contribution is -2.49. The van der Waals surface area contributed by atoms with Crippen LogP contribution in [0.15, 0.2) is 27.6 Å². The van der Waals surface area contributed by atoms with Crippen molar-refractivity contribution >= 4 is 26.0 Å². The van der Waals surface area contributed by atoms with Gasteiger partial charge in [-0.3, -0.25) is 0 Å². The number of ether oxygens (including phenoxy) is 1. The molecule has 0 radical (unpaired) electrons. The van der Waals surface area contributed by atoms with Crippen molar-refractivity contribution in [3.8, 4) is 0 Å². The van der Waals surface area contributed by atoms with Gasteiger partial charge in [-0.2, -0.15) is 0 Å². The molecule has 0 unspecified atom stereocenters. The van der Waals surface area contributed by atoms with E-state index in [2.05, 4.69) is 20.7 Å². The molecule has 1 N–H and O–H groups in total. The molecule has 6 heteroatoms. The van der Waals surface area contributed by atoms with Crippen molar-refractivity contribution in [1.29, 1.82) is 0 Å². The van der Waals surface area contributed by atoms with Crippen LogP contribution in [0.5, 0.6) is 0 Å². The maximum absolute atomic E-state index is 12.2. The summed E-state index contributed by atoms with van der Waals surface area (Å²) in [7, 11) is -1.83. The van der Waals surface area contributed by atoms with Gasteiger partial charge in [0, 0.05) is 18.1 Å². The van der Waals surface area contributed by atoms with Gasteiger partial charge in [-0.15, -0.1) is 0 Å². The summed E-state index contributed by atoms with van der Waals surface area (Å²) in [4.78, 5) is 0.291. The molecule has 0 amide bonds. The molecular weight excluding hydrogens is 330 g/mol. The molecule has 1 aliphatic carbocycles. The van der Waals surface area contributed by atoms with Crippen molar-refractivity contribution < 1.29 is 13.2 Å². The molecule has 0 atom stereocenters. The van der Waals surface area contributed by atoms with Crippen LogP contribution in [0.25, 0.3) is 0 Å². The number of methoxy groups -OCH3 is 1. The maximum Gasteiger partial charge on any atom is 0.240 e. The minimum absolute atomic E-state index is 0.291. The Kier molecular flexibility index (Phi) is 4.35. The summed E-state index contributed by atoms with van der Waals surface area (Å²) in [6.45, 7) is 2.20. The Balaban J connectivity index is 2.11. The smallest absolute Gasteiger partial charge is 0.240 e. The average molecular weight is 348 g/mol. The molecule has 1 aromatic rings. The fourth-order valence-corrected chi connectivity index (χ4v) is 3.56. The standard InChI is InChI=1S/C13H18BrNO3S/c1-10-8-11(4-5-12(10)14)19(16,17)15-9-13(18-2)6-3-7-13/h4-5,8,15H,3,6-7,9H2,1-2H3. The fraction of sp³-hybridized carbons (Fsp3) is 0.538. The largest absolute Gasteiger partial charge is 0.377 e. The number of benzene rings is 1. The van der Waals surface area contributed by atoms with Gasteiger partial charge in [0.05, 0.1) is 10.5 Å². The molecule has 19 heavy (non-hydrogen) atoms. The highest BCUT2D eigenvalue weighted by atomic mass is 79.9. The van der Waals surface area contributed by atoms with Gasteiger partial charge in [-0.25, -0.2) is 13.1 Å². The van der Waals surface area contributed by atoms with Crippen molar-refractivity contribution in [1.82, 2.24) is 4.72 Å². The monoisotopic (exact) mass is 347 g/mol. The first-order valence-electron chi connectivity index (χ1n) is 6.20. The third-order valence-corrected chi connectivity index (χ3v) is 6.01. The molecule has 1 aromatic carbocycles. The zero-order chi connectivity index (χ0) is 14.1. The topological polar surface area (TPSA) is 55.4 Å².